The molecule has 2 aromatic carbocycles. The van der Waals surface area contributed by atoms with E-state index in [-0.39, 0.29) is 0 Å². The van der Waals surface area contributed by atoms with E-state index in [0.29, 0.717) is 13.2 Å². The third kappa shape index (κ3) is 5.36. The van der Waals surface area contributed by atoms with Crippen LogP contribution in [0.25, 0.3) is 0 Å². The molecular weight excluding hydrogens is 352 g/mol. The molecule has 0 fully saturated rings. The summed E-state index contributed by atoms with van der Waals surface area (Å²) in [4.78, 5) is 4.15. The summed E-state index contributed by atoms with van der Waals surface area (Å²) in [6.07, 6.45) is 6.15. The molecule has 3 aromatic rings. The molecule has 0 spiro atoms. The van der Waals surface area contributed by atoms with Crippen LogP contribution in [-0.2, 0) is 0 Å². The van der Waals surface area contributed by atoms with Crippen molar-refractivity contribution >= 4 is 5.84 Å². The number of rotatable bonds is 9. The molecule has 0 N–H and O–H groups in total. The highest BCUT2D eigenvalue weighted by atomic mass is 16.5. The Kier molecular flexibility index (Phi) is 7.07. The molecule has 6 nitrogen and oxygen atoms in total. The van der Waals surface area contributed by atoms with E-state index < -0.39 is 0 Å². The lowest BCUT2D eigenvalue weighted by Gasteiger charge is -2.17. The fourth-order valence-electron chi connectivity index (χ4n) is 2.59. The Morgan fingerprint density at radius 3 is 2.54 bits per heavy atom. The monoisotopic (exact) mass is 378 g/mol. The van der Waals surface area contributed by atoms with E-state index in [1.165, 1.54) is 0 Å². The minimum absolute atomic E-state index is 0.560. The molecule has 0 bridgehead atoms. The van der Waals surface area contributed by atoms with Gasteiger partial charge in [-0.15, -0.1) is 0 Å². The van der Waals surface area contributed by atoms with E-state index in [1.54, 1.807) is 12.5 Å². The van der Waals surface area contributed by atoms with Crippen LogP contribution in [0, 0.1) is 0 Å². The number of ether oxygens (including phenoxy) is 2. The summed E-state index contributed by atoms with van der Waals surface area (Å²) in [5, 5.41) is 6.61. The molecule has 0 radical (unpaired) electrons. The number of aromatic nitrogens is 2. The predicted molar refractivity (Wildman–Crippen MR) is 111 cm³/mol. The first-order valence-corrected chi connectivity index (χ1v) is 9.46. The molecule has 6 heteroatoms. The zero-order valence-electron chi connectivity index (χ0n) is 16.4. The molecular formula is C22H26N4O2. The standard InChI is InChI=1S/C22H26N4O2/c1-3-25(2)24-22(26-15-14-23-18-26)20-12-7-8-13-21(20)28-17-9-16-27-19-10-5-4-6-11-19/h4-8,10-15,18H,3,9,16-17H2,1-2H3. The van der Waals surface area contributed by atoms with Gasteiger partial charge in [-0.3, -0.25) is 9.58 Å². The zero-order chi connectivity index (χ0) is 19.6. The fourth-order valence-corrected chi connectivity index (χ4v) is 2.59. The quantitative estimate of drug-likeness (QED) is 0.245. The average Bonchev–Trinajstić information content (AvgIpc) is 3.27. The van der Waals surface area contributed by atoms with Crippen LogP contribution in [0.15, 0.2) is 78.4 Å². The Hall–Kier alpha value is -3.28. The van der Waals surface area contributed by atoms with Gasteiger partial charge < -0.3 is 9.47 Å². The van der Waals surface area contributed by atoms with Crippen LogP contribution in [0.2, 0.25) is 0 Å². The van der Waals surface area contributed by atoms with Gasteiger partial charge in [-0.25, -0.2) is 4.98 Å². The summed E-state index contributed by atoms with van der Waals surface area (Å²) < 4.78 is 13.7. The Labute approximate surface area is 166 Å². The second kappa shape index (κ2) is 10.2. The lowest BCUT2D eigenvalue weighted by atomic mass is 10.2. The van der Waals surface area contributed by atoms with Gasteiger partial charge >= 0.3 is 0 Å². The second-order valence-electron chi connectivity index (χ2n) is 6.23. The summed E-state index contributed by atoms with van der Waals surface area (Å²) >= 11 is 0. The lowest BCUT2D eigenvalue weighted by Crippen LogP contribution is -2.20. The van der Waals surface area contributed by atoms with Gasteiger partial charge in [0.15, 0.2) is 5.84 Å². The van der Waals surface area contributed by atoms with Crippen molar-refractivity contribution in [3.05, 3.63) is 78.9 Å². The van der Waals surface area contributed by atoms with Crippen molar-refractivity contribution in [2.24, 2.45) is 5.10 Å². The largest absolute Gasteiger partial charge is 0.493 e. The number of imidazole rings is 1. The molecule has 0 amide bonds. The Balaban J connectivity index is 1.66. The highest BCUT2D eigenvalue weighted by Gasteiger charge is 2.13. The minimum atomic E-state index is 0.560. The van der Waals surface area contributed by atoms with E-state index in [0.717, 1.165) is 35.9 Å². The summed E-state index contributed by atoms with van der Waals surface area (Å²) in [5.74, 6) is 2.44. The van der Waals surface area contributed by atoms with E-state index in [1.807, 2.05) is 77.4 Å². The summed E-state index contributed by atoms with van der Waals surface area (Å²) in [7, 11) is 1.95. The molecule has 0 saturated carbocycles. The van der Waals surface area contributed by atoms with Gasteiger partial charge in [0.25, 0.3) is 0 Å². The maximum Gasteiger partial charge on any atom is 0.169 e. The highest BCUT2D eigenvalue weighted by molar-refractivity contribution is 6.02. The maximum atomic E-state index is 6.06. The first-order chi connectivity index (χ1) is 13.8. The smallest absolute Gasteiger partial charge is 0.169 e. The van der Waals surface area contributed by atoms with Crippen molar-refractivity contribution in [2.75, 3.05) is 26.8 Å². The Morgan fingerprint density at radius 2 is 1.79 bits per heavy atom. The van der Waals surface area contributed by atoms with Crippen molar-refractivity contribution in [2.45, 2.75) is 13.3 Å². The van der Waals surface area contributed by atoms with Gasteiger partial charge in [0.2, 0.25) is 0 Å². The van der Waals surface area contributed by atoms with Crippen LogP contribution in [-0.4, -0.2) is 47.2 Å². The van der Waals surface area contributed by atoms with Gasteiger partial charge in [-0.1, -0.05) is 30.3 Å². The van der Waals surface area contributed by atoms with E-state index in [2.05, 4.69) is 11.9 Å². The first-order valence-electron chi connectivity index (χ1n) is 9.46. The Bertz CT molecular complexity index is 863. The minimum Gasteiger partial charge on any atom is -0.493 e. The topological polar surface area (TPSA) is 51.9 Å². The van der Waals surface area contributed by atoms with E-state index in [9.17, 15) is 0 Å². The van der Waals surface area contributed by atoms with Crippen LogP contribution < -0.4 is 9.47 Å². The number of nitrogens with zero attached hydrogens (tertiary/aromatic N) is 4. The number of hydrogen-bond acceptors (Lipinski definition) is 5. The van der Waals surface area contributed by atoms with Gasteiger partial charge in [0, 0.05) is 32.4 Å². The molecule has 0 aliphatic heterocycles. The predicted octanol–water partition coefficient (Wildman–Crippen LogP) is 3.89. The SMILES string of the molecule is CCN(C)N=C(c1ccccc1OCCCOc1ccccc1)n1ccnc1. The first kappa shape index (κ1) is 19.5. The van der Waals surface area contributed by atoms with Crippen molar-refractivity contribution in [1.29, 1.82) is 0 Å². The van der Waals surface area contributed by atoms with Crippen LogP contribution in [0.3, 0.4) is 0 Å². The normalized spacial score (nSPS) is 11.3. The molecule has 0 saturated heterocycles. The molecule has 0 atom stereocenters. The summed E-state index contributed by atoms with van der Waals surface area (Å²) in [5.41, 5.74) is 0.921. The van der Waals surface area contributed by atoms with E-state index in [4.69, 9.17) is 14.6 Å². The molecule has 0 unspecified atom stereocenters. The van der Waals surface area contributed by atoms with Crippen molar-refractivity contribution in [3.63, 3.8) is 0 Å². The second-order valence-corrected chi connectivity index (χ2v) is 6.23. The highest BCUT2D eigenvalue weighted by Crippen LogP contribution is 2.20. The molecule has 0 aliphatic carbocycles. The van der Waals surface area contributed by atoms with Gasteiger partial charge in [0.05, 0.1) is 18.8 Å². The average molecular weight is 378 g/mol. The molecule has 28 heavy (non-hydrogen) atoms. The van der Waals surface area contributed by atoms with E-state index >= 15 is 0 Å². The van der Waals surface area contributed by atoms with Gasteiger partial charge in [-0.2, -0.15) is 5.10 Å². The van der Waals surface area contributed by atoms with Crippen molar-refractivity contribution in [1.82, 2.24) is 14.6 Å². The number of para-hydroxylation sites is 2. The summed E-state index contributed by atoms with van der Waals surface area (Å²) in [6, 6.07) is 17.7. The van der Waals surface area contributed by atoms with Crippen LogP contribution in [0.4, 0.5) is 0 Å². The lowest BCUT2D eigenvalue weighted by molar-refractivity contribution is 0.247. The van der Waals surface area contributed by atoms with Crippen molar-refractivity contribution in [3.8, 4) is 11.5 Å². The van der Waals surface area contributed by atoms with Crippen LogP contribution >= 0.6 is 0 Å². The number of hydrogen-bond donors (Lipinski definition) is 0. The number of benzene rings is 2. The zero-order valence-corrected chi connectivity index (χ0v) is 16.4. The third-order valence-corrected chi connectivity index (χ3v) is 4.16. The van der Waals surface area contributed by atoms with Crippen molar-refractivity contribution < 1.29 is 9.47 Å². The van der Waals surface area contributed by atoms with Crippen LogP contribution in [0.1, 0.15) is 18.9 Å². The molecule has 146 valence electrons. The van der Waals surface area contributed by atoms with Gasteiger partial charge in [0.1, 0.15) is 17.8 Å². The van der Waals surface area contributed by atoms with Crippen LogP contribution in [0.5, 0.6) is 11.5 Å². The molecule has 0 aliphatic rings. The maximum absolute atomic E-state index is 6.06. The Morgan fingerprint density at radius 1 is 1.04 bits per heavy atom. The molecule has 1 aromatic heterocycles. The third-order valence-electron chi connectivity index (χ3n) is 4.16. The molecule has 3 rings (SSSR count). The summed E-state index contributed by atoms with van der Waals surface area (Å²) in [6.45, 7) is 4.03. The van der Waals surface area contributed by atoms with Gasteiger partial charge in [-0.05, 0) is 31.2 Å². The fraction of sp³-hybridized carbons (Fsp3) is 0.273. The molecule has 1 heterocycles. The number of hydrazone groups is 1.